The zero-order valence-corrected chi connectivity index (χ0v) is 12.1. The molecule has 1 rings (SSSR count). The lowest BCUT2D eigenvalue weighted by Gasteiger charge is -2.27. The Morgan fingerprint density at radius 3 is 2.58 bits per heavy atom. The van der Waals surface area contributed by atoms with Crippen LogP contribution in [0.3, 0.4) is 0 Å². The van der Waals surface area contributed by atoms with Crippen LogP contribution in [0.2, 0.25) is 0 Å². The van der Waals surface area contributed by atoms with Gasteiger partial charge in [0.05, 0.1) is 6.54 Å². The molecule has 3 N–H and O–H groups in total. The van der Waals surface area contributed by atoms with Crippen molar-refractivity contribution in [2.45, 2.75) is 40.2 Å². The van der Waals surface area contributed by atoms with E-state index in [1.54, 1.807) is 0 Å². The van der Waals surface area contributed by atoms with E-state index in [9.17, 15) is 4.79 Å². The van der Waals surface area contributed by atoms with Crippen molar-refractivity contribution < 1.29 is 4.79 Å². The maximum Gasteiger partial charge on any atom is 0.237 e. The maximum absolute atomic E-state index is 11.2. The number of nitrogens with zero attached hydrogens (tertiary/aromatic N) is 3. The molecule has 0 saturated carbocycles. The molecule has 0 saturated heterocycles. The second kappa shape index (κ2) is 6.92. The molecule has 0 aliphatic carbocycles. The van der Waals surface area contributed by atoms with Gasteiger partial charge in [-0.3, -0.25) is 4.79 Å². The molecule has 0 radical (unpaired) electrons. The van der Waals surface area contributed by atoms with E-state index in [-0.39, 0.29) is 18.5 Å². The number of aryl methyl sites for hydroxylation is 1. The summed E-state index contributed by atoms with van der Waals surface area (Å²) in [4.78, 5) is 21.9. The van der Waals surface area contributed by atoms with Gasteiger partial charge in [-0.15, -0.1) is 0 Å². The Morgan fingerprint density at radius 2 is 2.11 bits per heavy atom. The normalized spacial score (nSPS) is 10.6. The molecular formula is C13H23N5O. The van der Waals surface area contributed by atoms with Crippen molar-refractivity contribution in [3.63, 3.8) is 0 Å². The van der Waals surface area contributed by atoms with Crippen LogP contribution in [0, 0.1) is 0 Å². The number of aromatic nitrogens is 2. The first-order chi connectivity index (χ1) is 8.97. The van der Waals surface area contributed by atoms with E-state index in [1.165, 1.54) is 0 Å². The monoisotopic (exact) mass is 265 g/mol. The number of nitrogens with two attached hydrogens (primary N) is 1. The third-order valence-electron chi connectivity index (χ3n) is 2.68. The highest BCUT2D eigenvalue weighted by Gasteiger charge is 2.16. The van der Waals surface area contributed by atoms with Gasteiger partial charge < -0.3 is 16.0 Å². The summed E-state index contributed by atoms with van der Waals surface area (Å²) in [5.41, 5.74) is 5.30. The maximum atomic E-state index is 11.2. The quantitative estimate of drug-likeness (QED) is 0.773. The van der Waals surface area contributed by atoms with Gasteiger partial charge in [0.1, 0.15) is 17.5 Å². The third kappa shape index (κ3) is 4.39. The summed E-state index contributed by atoms with van der Waals surface area (Å²) >= 11 is 0. The first-order valence-corrected chi connectivity index (χ1v) is 6.64. The topological polar surface area (TPSA) is 84.1 Å². The van der Waals surface area contributed by atoms with Crippen LogP contribution in [0.4, 0.5) is 11.6 Å². The second-order valence-electron chi connectivity index (χ2n) is 4.60. The number of amides is 1. The van der Waals surface area contributed by atoms with Crippen molar-refractivity contribution in [1.82, 2.24) is 9.97 Å². The minimum Gasteiger partial charge on any atom is -0.370 e. The first-order valence-electron chi connectivity index (χ1n) is 6.64. The summed E-state index contributed by atoms with van der Waals surface area (Å²) in [6, 6.07) is 1.99. The van der Waals surface area contributed by atoms with E-state index in [0.717, 1.165) is 30.4 Å². The van der Waals surface area contributed by atoms with Crippen LogP contribution in [0.1, 0.15) is 33.5 Å². The highest BCUT2D eigenvalue weighted by atomic mass is 16.1. The van der Waals surface area contributed by atoms with E-state index in [2.05, 4.69) is 15.3 Å². The van der Waals surface area contributed by atoms with E-state index in [1.807, 2.05) is 38.7 Å². The fourth-order valence-electron chi connectivity index (χ4n) is 1.76. The lowest BCUT2D eigenvalue weighted by molar-refractivity contribution is -0.116. The molecule has 0 atom stereocenters. The summed E-state index contributed by atoms with van der Waals surface area (Å²) in [5, 5.41) is 3.18. The lowest BCUT2D eigenvalue weighted by atomic mass is 10.3. The average Bonchev–Trinajstić information content (AvgIpc) is 2.35. The summed E-state index contributed by atoms with van der Waals surface area (Å²) in [5.74, 6) is 1.90. The molecule has 1 aromatic heterocycles. The summed E-state index contributed by atoms with van der Waals surface area (Å²) in [7, 11) is 0. The molecular weight excluding hydrogens is 242 g/mol. The molecule has 6 nitrogen and oxygen atoms in total. The van der Waals surface area contributed by atoms with Gasteiger partial charge in [-0.25, -0.2) is 9.97 Å². The van der Waals surface area contributed by atoms with Crippen molar-refractivity contribution in [2.75, 3.05) is 23.3 Å². The molecule has 6 heteroatoms. The van der Waals surface area contributed by atoms with Crippen molar-refractivity contribution in [1.29, 1.82) is 0 Å². The summed E-state index contributed by atoms with van der Waals surface area (Å²) < 4.78 is 0. The largest absolute Gasteiger partial charge is 0.370 e. The average molecular weight is 265 g/mol. The molecule has 0 aliphatic heterocycles. The Kier molecular flexibility index (Phi) is 5.54. The molecule has 19 heavy (non-hydrogen) atoms. The Hall–Kier alpha value is -1.85. The zero-order valence-electron chi connectivity index (χ0n) is 12.1. The van der Waals surface area contributed by atoms with Crippen LogP contribution < -0.4 is 16.0 Å². The summed E-state index contributed by atoms with van der Waals surface area (Å²) in [6.45, 7) is 8.97. The van der Waals surface area contributed by atoms with Crippen LogP contribution >= 0.6 is 0 Å². The second-order valence-corrected chi connectivity index (χ2v) is 4.60. The molecule has 1 amide bonds. The van der Waals surface area contributed by atoms with Gasteiger partial charge in [-0.05, 0) is 20.8 Å². The molecule has 106 valence electrons. The van der Waals surface area contributed by atoms with Crippen molar-refractivity contribution in [3.8, 4) is 0 Å². The Labute approximate surface area is 114 Å². The SMILES string of the molecule is CCNc1cc(N(CC(N)=O)C(C)C)nc(CC)n1. The molecule has 0 aliphatic rings. The van der Waals surface area contributed by atoms with E-state index in [0.29, 0.717) is 0 Å². The number of carbonyl (C=O) groups is 1. The molecule has 0 bridgehead atoms. The minimum atomic E-state index is -0.365. The number of carbonyl (C=O) groups excluding carboxylic acids is 1. The molecule has 0 fully saturated rings. The predicted octanol–water partition coefficient (Wildman–Crippen LogP) is 1.17. The van der Waals surface area contributed by atoms with Gasteiger partial charge in [0, 0.05) is 25.1 Å². The van der Waals surface area contributed by atoms with E-state index < -0.39 is 0 Å². The summed E-state index contributed by atoms with van der Waals surface area (Å²) in [6.07, 6.45) is 0.745. The fraction of sp³-hybridized carbons (Fsp3) is 0.615. The van der Waals surface area contributed by atoms with Gasteiger partial charge >= 0.3 is 0 Å². The van der Waals surface area contributed by atoms with Crippen LogP contribution in [0.25, 0.3) is 0 Å². The highest BCUT2D eigenvalue weighted by Crippen LogP contribution is 2.18. The number of hydrogen-bond donors (Lipinski definition) is 2. The van der Waals surface area contributed by atoms with Gasteiger partial charge in [0.25, 0.3) is 0 Å². The number of rotatable bonds is 7. The Balaban J connectivity index is 3.13. The van der Waals surface area contributed by atoms with Gasteiger partial charge in [-0.2, -0.15) is 0 Å². The fourth-order valence-corrected chi connectivity index (χ4v) is 1.76. The number of anilines is 2. The molecule has 0 spiro atoms. The molecule has 1 aromatic rings. The van der Waals surface area contributed by atoms with Crippen molar-refractivity contribution in [3.05, 3.63) is 11.9 Å². The smallest absolute Gasteiger partial charge is 0.237 e. The van der Waals surface area contributed by atoms with Gasteiger partial charge in [-0.1, -0.05) is 6.92 Å². The van der Waals surface area contributed by atoms with Gasteiger partial charge in [0.2, 0.25) is 5.91 Å². The van der Waals surface area contributed by atoms with E-state index >= 15 is 0 Å². The van der Waals surface area contributed by atoms with Gasteiger partial charge in [0.15, 0.2) is 0 Å². The van der Waals surface area contributed by atoms with Crippen molar-refractivity contribution in [2.24, 2.45) is 5.73 Å². The van der Waals surface area contributed by atoms with Crippen molar-refractivity contribution >= 4 is 17.5 Å². The van der Waals surface area contributed by atoms with Crippen LogP contribution in [-0.2, 0) is 11.2 Å². The Morgan fingerprint density at radius 1 is 1.42 bits per heavy atom. The Bertz CT molecular complexity index is 433. The predicted molar refractivity (Wildman–Crippen MR) is 77.3 cm³/mol. The molecule has 0 unspecified atom stereocenters. The third-order valence-corrected chi connectivity index (χ3v) is 2.68. The minimum absolute atomic E-state index is 0.140. The number of hydrogen-bond acceptors (Lipinski definition) is 5. The zero-order chi connectivity index (χ0) is 14.4. The van der Waals surface area contributed by atoms with E-state index in [4.69, 9.17) is 5.73 Å². The standard InChI is InChI=1S/C13H23N5O/c1-5-11-16-12(15-6-2)7-13(17-11)18(9(3)4)8-10(14)19/h7,9H,5-6,8H2,1-4H3,(H2,14,19)(H,15,16,17). The van der Waals surface area contributed by atoms with Crippen LogP contribution in [-0.4, -0.2) is 35.0 Å². The highest BCUT2D eigenvalue weighted by molar-refractivity contribution is 5.79. The van der Waals surface area contributed by atoms with Crippen LogP contribution in [0.5, 0.6) is 0 Å². The lowest BCUT2D eigenvalue weighted by Crippen LogP contribution is -2.39. The number of nitrogens with one attached hydrogen (secondary N) is 1. The molecule has 1 heterocycles. The molecule has 0 aromatic carbocycles. The first kappa shape index (κ1) is 15.2. The van der Waals surface area contributed by atoms with Crippen LogP contribution in [0.15, 0.2) is 6.07 Å². The number of primary amides is 1.